The van der Waals surface area contributed by atoms with Crippen LogP contribution < -0.4 is 0 Å². The van der Waals surface area contributed by atoms with Crippen molar-refractivity contribution in [2.45, 2.75) is 39.9 Å². The molecule has 0 spiro atoms. The van der Waals surface area contributed by atoms with Crippen molar-refractivity contribution >= 4 is 5.91 Å². The molecule has 134 valence electrons. The second-order valence-corrected chi connectivity index (χ2v) is 7.89. The molecule has 0 saturated carbocycles. The lowest BCUT2D eigenvalue weighted by molar-refractivity contribution is -0.119. The fourth-order valence-corrected chi connectivity index (χ4v) is 3.08. The Bertz CT molecular complexity index is 727. The summed E-state index contributed by atoms with van der Waals surface area (Å²) in [7, 11) is 1.86. The van der Waals surface area contributed by atoms with Gasteiger partial charge in [0.1, 0.15) is 6.10 Å². The van der Waals surface area contributed by atoms with E-state index < -0.39 is 0 Å². The van der Waals surface area contributed by atoms with E-state index in [2.05, 4.69) is 38.0 Å². The summed E-state index contributed by atoms with van der Waals surface area (Å²) in [5, 5.41) is 4.35. The van der Waals surface area contributed by atoms with Crippen molar-refractivity contribution in [3.8, 4) is 0 Å². The third-order valence-electron chi connectivity index (χ3n) is 4.86. The highest BCUT2D eigenvalue weighted by Crippen LogP contribution is 2.33. The molecule has 1 amide bonds. The molecular formula is C20H27N3O2. The Morgan fingerprint density at radius 2 is 1.88 bits per heavy atom. The zero-order valence-electron chi connectivity index (χ0n) is 15.7. The molecule has 2 heterocycles. The molecule has 1 aromatic carbocycles. The highest BCUT2D eigenvalue weighted by molar-refractivity contribution is 5.92. The van der Waals surface area contributed by atoms with Crippen LogP contribution in [0.1, 0.15) is 48.6 Å². The molecule has 1 aromatic heterocycles. The molecule has 0 unspecified atom stereocenters. The summed E-state index contributed by atoms with van der Waals surface area (Å²) in [6.07, 6.45) is -0.145. The van der Waals surface area contributed by atoms with E-state index in [9.17, 15) is 4.79 Å². The van der Waals surface area contributed by atoms with Crippen molar-refractivity contribution < 1.29 is 9.53 Å². The van der Waals surface area contributed by atoms with Gasteiger partial charge in [0.2, 0.25) is 0 Å². The topological polar surface area (TPSA) is 47.4 Å². The van der Waals surface area contributed by atoms with Crippen molar-refractivity contribution in [1.82, 2.24) is 14.7 Å². The van der Waals surface area contributed by atoms with Gasteiger partial charge >= 0.3 is 0 Å². The number of carbonyl (C=O) groups is 1. The summed E-state index contributed by atoms with van der Waals surface area (Å²) < 4.78 is 8.10. The van der Waals surface area contributed by atoms with E-state index in [0.29, 0.717) is 18.8 Å². The van der Waals surface area contributed by atoms with Crippen molar-refractivity contribution in [2.24, 2.45) is 12.5 Å². The van der Waals surface area contributed by atoms with E-state index in [4.69, 9.17) is 4.74 Å². The van der Waals surface area contributed by atoms with Gasteiger partial charge in [0.25, 0.3) is 5.91 Å². The van der Waals surface area contributed by atoms with Gasteiger partial charge in [0.05, 0.1) is 12.6 Å². The van der Waals surface area contributed by atoms with Crippen molar-refractivity contribution in [3.05, 3.63) is 53.3 Å². The minimum Gasteiger partial charge on any atom is -0.366 e. The van der Waals surface area contributed by atoms with Crippen molar-refractivity contribution in [2.75, 3.05) is 13.1 Å². The van der Waals surface area contributed by atoms with Gasteiger partial charge in [0, 0.05) is 19.3 Å². The first-order valence-corrected chi connectivity index (χ1v) is 8.76. The highest BCUT2D eigenvalue weighted by atomic mass is 16.5. The van der Waals surface area contributed by atoms with Gasteiger partial charge in [0.15, 0.2) is 5.69 Å². The zero-order chi connectivity index (χ0) is 18.2. The van der Waals surface area contributed by atoms with E-state index in [1.165, 1.54) is 0 Å². The average Bonchev–Trinajstić information content (AvgIpc) is 2.93. The highest BCUT2D eigenvalue weighted by Gasteiger charge is 2.38. The molecule has 3 rings (SSSR count). The second-order valence-electron chi connectivity index (χ2n) is 7.89. The maximum absolute atomic E-state index is 13.0. The number of benzene rings is 1. The lowest BCUT2D eigenvalue weighted by Gasteiger charge is -2.43. The summed E-state index contributed by atoms with van der Waals surface area (Å²) in [4.78, 5) is 14.9. The third kappa shape index (κ3) is 3.76. The standard InChI is InChI=1S/C20H27N3O2/c1-14-11-16(21-22(14)5)19(24)23-12-17(15-9-7-6-8-10-15)25-18(13-23)20(2,3)4/h6-11,17-18H,12-13H2,1-5H3/t17-,18+/m0/s1. The number of hydrogen-bond acceptors (Lipinski definition) is 3. The Labute approximate surface area is 149 Å². The van der Waals surface area contributed by atoms with Crippen LogP contribution in [-0.4, -0.2) is 39.8 Å². The second kappa shape index (κ2) is 6.64. The van der Waals surface area contributed by atoms with Gasteiger partial charge in [-0.2, -0.15) is 5.10 Å². The van der Waals surface area contributed by atoms with E-state index >= 15 is 0 Å². The van der Waals surface area contributed by atoms with Gasteiger partial charge in [-0.15, -0.1) is 0 Å². The van der Waals surface area contributed by atoms with Crippen LogP contribution in [0.15, 0.2) is 36.4 Å². The molecular weight excluding hydrogens is 314 g/mol. The Hall–Kier alpha value is -2.14. The number of hydrogen-bond donors (Lipinski definition) is 0. The Kier molecular flexibility index (Phi) is 4.69. The minimum absolute atomic E-state index is 0.0258. The fraction of sp³-hybridized carbons (Fsp3) is 0.500. The Morgan fingerprint density at radius 3 is 2.44 bits per heavy atom. The fourth-order valence-electron chi connectivity index (χ4n) is 3.08. The van der Waals surface area contributed by atoms with Crippen LogP contribution >= 0.6 is 0 Å². The predicted octanol–water partition coefficient (Wildman–Crippen LogP) is 3.36. The Morgan fingerprint density at radius 1 is 1.20 bits per heavy atom. The summed E-state index contributed by atoms with van der Waals surface area (Å²) >= 11 is 0. The van der Waals surface area contributed by atoms with Gasteiger partial charge in [-0.1, -0.05) is 51.1 Å². The smallest absolute Gasteiger partial charge is 0.274 e. The number of carbonyl (C=O) groups excluding carboxylic acids is 1. The van der Waals surface area contributed by atoms with Crippen LogP contribution in [0.4, 0.5) is 0 Å². The van der Waals surface area contributed by atoms with Gasteiger partial charge in [-0.3, -0.25) is 9.48 Å². The third-order valence-corrected chi connectivity index (χ3v) is 4.86. The molecule has 1 aliphatic rings. The van der Waals surface area contributed by atoms with E-state index in [-0.39, 0.29) is 23.5 Å². The molecule has 0 bridgehead atoms. The maximum Gasteiger partial charge on any atom is 0.274 e. The van der Waals surface area contributed by atoms with Crippen LogP contribution in [0, 0.1) is 12.3 Å². The molecule has 2 aromatic rings. The number of aromatic nitrogens is 2. The van der Waals surface area contributed by atoms with Crippen LogP contribution in [0.2, 0.25) is 0 Å². The SMILES string of the molecule is Cc1cc(C(=O)N2C[C@@H](c3ccccc3)O[C@@H](C(C)(C)C)C2)nn1C. The number of amides is 1. The Balaban J connectivity index is 1.88. The predicted molar refractivity (Wildman–Crippen MR) is 97.4 cm³/mol. The lowest BCUT2D eigenvalue weighted by Crippen LogP contribution is -2.51. The number of morpholine rings is 1. The zero-order valence-corrected chi connectivity index (χ0v) is 15.7. The summed E-state index contributed by atoms with van der Waals surface area (Å²) in [6, 6.07) is 12.0. The molecule has 5 nitrogen and oxygen atoms in total. The maximum atomic E-state index is 13.0. The molecule has 0 aliphatic carbocycles. The molecule has 1 aliphatic heterocycles. The molecule has 0 N–H and O–H groups in total. The average molecular weight is 341 g/mol. The number of aryl methyl sites for hydroxylation is 2. The number of ether oxygens (including phenoxy) is 1. The monoisotopic (exact) mass is 341 g/mol. The number of rotatable bonds is 2. The minimum atomic E-state index is -0.118. The van der Waals surface area contributed by atoms with Crippen LogP contribution in [0.25, 0.3) is 0 Å². The largest absolute Gasteiger partial charge is 0.366 e. The molecule has 0 radical (unpaired) electrons. The first-order chi connectivity index (χ1) is 11.8. The van der Waals surface area contributed by atoms with Crippen LogP contribution in [-0.2, 0) is 11.8 Å². The van der Waals surface area contributed by atoms with Gasteiger partial charge < -0.3 is 9.64 Å². The van der Waals surface area contributed by atoms with Gasteiger partial charge in [-0.05, 0) is 24.0 Å². The van der Waals surface area contributed by atoms with Crippen molar-refractivity contribution in [1.29, 1.82) is 0 Å². The number of nitrogens with zero attached hydrogens (tertiary/aromatic N) is 3. The molecule has 1 fully saturated rings. The quantitative estimate of drug-likeness (QED) is 0.841. The van der Waals surface area contributed by atoms with Crippen molar-refractivity contribution in [3.63, 3.8) is 0 Å². The summed E-state index contributed by atoms with van der Waals surface area (Å²) in [5.74, 6) is -0.0258. The molecule has 25 heavy (non-hydrogen) atoms. The van der Waals surface area contributed by atoms with Crippen LogP contribution in [0.3, 0.4) is 0 Å². The molecule has 2 atom stereocenters. The van der Waals surface area contributed by atoms with E-state index in [0.717, 1.165) is 11.3 Å². The normalized spacial score (nSPS) is 21.4. The van der Waals surface area contributed by atoms with Crippen LogP contribution in [0.5, 0.6) is 0 Å². The summed E-state index contributed by atoms with van der Waals surface area (Å²) in [6.45, 7) is 9.54. The summed E-state index contributed by atoms with van der Waals surface area (Å²) in [5.41, 5.74) is 2.53. The van der Waals surface area contributed by atoms with E-state index in [1.807, 2.05) is 43.1 Å². The van der Waals surface area contributed by atoms with Gasteiger partial charge in [-0.25, -0.2) is 0 Å². The molecule has 1 saturated heterocycles. The first-order valence-electron chi connectivity index (χ1n) is 8.76. The van der Waals surface area contributed by atoms with E-state index in [1.54, 1.807) is 4.68 Å². The molecule has 5 heteroatoms. The first kappa shape index (κ1) is 17.7. The lowest BCUT2D eigenvalue weighted by atomic mass is 9.87.